The van der Waals surface area contributed by atoms with Crippen molar-refractivity contribution in [3.63, 3.8) is 0 Å². The Morgan fingerprint density at radius 3 is 2.55 bits per heavy atom. The van der Waals surface area contributed by atoms with Gasteiger partial charge in [0.1, 0.15) is 5.69 Å². The number of amides is 2. The van der Waals surface area contributed by atoms with Gasteiger partial charge in [-0.3, -0.25) is 14.7 Å². The van der Waals surface area contributed by atoms with Gasteiger partial charge in [-0.25, -0.2) is 0 Å². The van der Waals surface area contributed by atoms with Gasteiger partial charge >= 0.3 is 0 Å². The van der Waals surface area contributed by atoms with E-state index in [0.717, 1.165) is 12.8 Å². The lowest BCUT2D eigenvalue weighted by Crippen LogP contribution is -2.43. The molecule has 2 fully saturated rings. The van der Waals surface area contributed by atoms with E-state index in [0.29, 0.717) is 57.4 Å². The zero-order chi connectivity index (χ0) is 15.4. The molecule has 3 heterocycles. The van der Waals surface area contributed by atoms with Crippen molar-refractivity contribution in [1.82, 2.24) is 20.0 Å². The third-order valence-corrected chi connectivity index (χ3v) is 4.46. The molecular formula is C15H22N4O3. The van der Waals surface area contributed by atoms with Crippen molar-refractivity contribution in [2.24, 2.45) is 5.92 Å². The maximum atomic E-state index is 12.2. The number of ether oxygens (including phenoxy) is 1. The van der Waals surface area contributed by atoms with E-state index in [1.54, 1.807) is 12.3 Å². The summed E-state index contributed by atoms with van der Waals surface area (Å²) in [5, 5.41) is 6.52. The minimum atomic E-state index is -0.00421. The van der Waals surface area contributed by atoms with Gasteiger partial charge in [0, 0.05) is 38.8 Å². The highest BCUT2D eigenvalue weighted by Crippen LogP contribution is 2.22. The first-order chi connectivity index (χ1) is 10.7. The van der Waals surface area contributed by atoms with Crippen molar-refractivity contribution in [3.05, 3.63) is 18.0 Å². The number of carbonyl (C=O) groups is 2. The number of H-pyrrole nitrogens is 1. The van der Waals surface area contributed by atoms with Crippen molar-refractivity contribution >= 4 is 11.8 Å². The monoisotopic (exact) mass is 306 g/mol. The van der Waals surface area contributed by atoms with Crippen LogP contribution >= 0.6 is 0 Å². The Kier molecular flexibility index (Phi) is 4.72. The van der Waals surface area contributed by atoms with Crippen molar-refractivity contribution in [1.29, 1.82) is 0 Å². The van der Waals surface area contributed by atoms with Crippen LogP contribution in [0.3, 0.4) is 0 Å². The molecule has 0 saturated carbocycles. The summed E-state index contributed by atoms with van der Waals surface area (Å²) in [5.41, 5.74) is 0.530. The van der Waals surface area contributed by atoms with E-state index >= 15 is 0 Å². The second-order valence-corrected chi connectivity index (χ2v) is 5.90. The lowest BCUT2D eigenvalue weighted by Gasteiger charge is -2.33. The van der Waals surface area contributed by atoms with Gasteiger partial charge in [-0.1, -0.05) is 0 Å². The lowest BCUT2D eigenvalue weighted by atomic mass is 9.92. The predicted molar refractivity (Wildman–Crippen MR) is 79.2 cm³/mol. The molecule has 2 aliphatic heterocycles. The number of aromatic amines is 1. The summed E-state index contributed by atoms with van der Waals surface area (Å²) in [6, 6.07) is 1.69. The summed E-state index contributed by atoms with van der Waals surface area (Å²) < 4.78 is 5.27. The van der Waals surface area contributed by atoms with Crippen LogP contribution in [0.5, 0.6) is 0 Å². The Labute approximate surface area is 129 Å². The molecule has 3 rings (SSSR count). The Balaban J connectivity index is 1.45. The Hall–Kier alpha value is -1.89. The van der Waals surface area contributed by atoms with Crippen LogP contribution in [0.15, 0.2) is 12.3 Å². The molecule has 2 amide bonds. The highest BCUT2D eigenvalue weighted by molar-refractivity contribution is 5.92. The van der Waals surface area contributed by atoms with Crippen molar-refractivity contribution in [2.45, 2.75) is 19.3 Å². The zero-order valence-corrected chi connectivity index (χ0v) is 12.7. The first-order valence-electron chi connectivity index (χ1n) is 7.88. The molecule has 2 saturated heterocycles. The number of piperidine rings is 1. The third-order valence-electron chi connectivity index (χ3n) is 4.46. The van der Waals surface area contributed by atoms with E-state index in [4.69, 9.17) is 4.74 Å². The van der Waals surface area contributed by atoms with Gasteiger partial charge in [0.2, 0.25) is 5.91 Å². The molecule has 0 bridgehead atoms. The molecular weight excluding hydrogens is 284 g/mol. The summed E-state index contributed by atoms with van der Waals surface area (Å²) in [4.78, 5) is 28.2. The molecule has 7 nitrogen and oxygen atoms in total. The maximum absolute atomic E-state index is 12.2. The second kappa shape index (κ2) is 6.91. The molecule has 1 aromatic heterocycles. The normalized spacial score (nSPS) is 20.2. The number of likely N-dealkylation sites (tertiary alicyclic amines) is 1. The summed E-state index contributed by atoms with van der Waals surface area (Å²) >= 11 is 0. The van der Waals surface area contributed by atoms with Crippen molar-refractivity contribution in [3.8, 4) is 0 Å². The van der Waals surface area contributed by atoms with Gasteiger partial charge in [-0.2, -0.15) is 5.10 Å². The number of nitrogens with zero attached hydrogens (tertiary/aromatic N) is 3. The van der Waals surface area contributed by atoms with Gasteiger partial charge in [-0.15, -0.1) is 0 Å². The van der Waals surface area contributed by atoms with E-state index in [2.05, 4.69) is 10.2 Å². The Morgan fingerprint density at radius 2 is 1.91 bits per heavy atom. The van der Waals surface area contributed by atoms with Crippen LogP contribution in [-0.4, -0.2) is 71.2 Å². The molecule has 0 aliphatic carbocycles. The van der Waals surface area contributed by atoms with Gasteiger partial charge in [0.25, 0.3) is 5.91 Å². The number of carbonyl (C=O) groups excluding carboxylic acids is 2. The van der Waals surface area contributed by atoms with E-state index in [-0.39, 0.29) is 11.8 Å². The van der Waals surface area contributed by atoms with Gasteiger partial charge < -0.3 is 14.5 Å². The molecule has 1 N–H and O–H groups in total. The van der Waals surface area contributed by atoms with Crippen LogP contribution in [0.4, 0.5) is 0 Å². The van der Waals surface area contributed by atoms with Crippen LogP contribution in [-0.2, 0) is 9.53 Å². The number of hydrogen-bond acceptors (Lipinski definition) is 4. The number of hydrogen-bond donors (Lipinski definition) is 1. The minimum Gasteiger partial charge on any atom is -0.378 e. The topological polar surface area (TPSA) is 78.5 Å². The fraction of sp³-hybridized carbons (Fsp3) is 0.667. The lowest BCUT2D eigenvalue weighted by molar-refractivity contribution is -0.136. The third kappa shape index (κ3) is 3.47. The minimum absolute atomic E-state index is 0.00421. The molecule has 0 aromatic carbocycles. The molecule has 1 aromatic rings. The van der Waals surface area contributed by atoms with Crippen LogP contribution in [0.1, 0.15) is 29.8 Å². The Morgan fingerprint density at radius 1 is 1.18 bits per heavy atom. The summed E-state index contributed by atoms with van der Waals surface area (Å²) in [6.07, 6.45) is 3.94. The van der Waals surface area contributed by atoms with Crippen LogP contribution in [0.2, 0.25) is 0 Å². The highest BCUT2D eigenvalue weighted by atomic mass is 16.5. The van der Waals surface area contributed by atoms with Crippen molar-refractivity contribution in [2.75, 3.05) is 39.4 Å². The van der Waals surface area contributed by atoms with Crippen LogP contribution in [0.25, 0.3) is 0 Å². The molecule has 7 heteroatoms. The zero-order valence-electron chi connectivity index (χ0n) is 12.7. The Bertz CT molecular complexity index is 503. The summed E-state index contributed by atoms with van der Waals surface area (Å²) in [6.45, 7) is 4.11. The van der Waals surface area contributed by atoms with Crippen LogP contribution < -0.4 is 0 Å². The van der Waals surface area contributed by atoms with Crippen molar-refractivity contribution < 1.29 is 14.3 Å². The molecule has 2 aliphatic rings. The summed E-state index contributed by atoms with van der Waals surface area (Å²) in [5.74, 6) is 0.596. The molecule has 0 spiro atoms. The maximum Gasteiger partial charge on any atom is 0.271 e. The summed E-state index contributed by atoms with van der Waals surface area (Å²) in [7, 11) is 0. The van der Waals surface area contributed by atoms with E-state index in [1.807, 2.05) is 9.80 Å². The molecule has 0 atom stereocenters. The predicted octanol–water partition coefficient (Wildman–Crippen LogP) is 0.511. The molecule has 22 heavy (non-hydrogen) atoms. The quantitative estimate of drug-likeness (QED) is 0.882. The standard InChI is InChI=1S/C15H22N4O3/c20-14(18-7-9-22-10-8-18)11-12-2-5-19(6-3-12)15(21)13-1-4-16-17-13/h1,4,12H,2-3,5-11H2,(H,16,17). The first-order valence-corrected chi connectivity index (χ1v) is 7.88. The second-order valence-electron chi connectivity index (χ2n) is 5.90. The fourth-order valence-corrected chi connectivity index (χ4v) is 3.07. The van der Waals surface area contributed by atoms with Gasteiger partial charge in [-0.05, 0) is 24.8 Å². The van der Waals surface area contributed by atoms with E-state index in [9.17, 15) is 9.59 Å². The van der Waals surface area contributed by atoms with E-state index in [1.165, 1.54) is 0 Å². The molecule has 0 radical (unpaired) electrons. The van der Waals surface area contributed by atoms with Gasteiger partial charge in [0.15, 0.2) is 0 Å². The molecule has 0 unspecified atom stereocenters. The highest BCUT2D eigenvalue weighted by Gasteiger charge is 2.27. The van der Waals surface area contributed by atoms with Crippen LogP contribution in [0, 0.1) is 5.92 Å². The number of morpholine rings is 1. The number of nitrogens with one attached hydrogen (secondary N) is 1. The molecule has 120 valence electrons. The van der Waals surface area contributed by atoms with E-state index < -0.39 is 0 Å². The fourth-order valence-electron chi connectivity index (χ4n) is 3.07. The largest absolute Gasteiger partial charge is 0.378 e. The SMILES string of the molecule is O=C(CC1CCN(C(=O)c2ccn[nH]2)CC1)N1CCOCC1. The first kappa shape index (κ1) is 15.0. The number of aromatic nitrogens is 2. The number of rotatable bonds is 3. The van der Waals surface area contributed by atoms with Gasteiger partial charge in [0.05, 0.1) is 13.2 Å². The average Bonchev–Trinajstić information content (AvgIpc) is 3.10. The average molecular weight is 306 g/mol. The smallest absolute Gasteiger partial charge is 0.271 e.